The number of ether oxygens (including phenoxy) is 7. The van der Waals surface area contributed by atoms with Crippen molar-refractivity contribution in [1.29, 1.82) is 0 Å². The molecule has 0 unspecified atom stereocenters. The summed E-state index contributed by atoms with van der Waals surface area (Å²) < 4.78 is 42.4. The van der Waals surface area contributed by atoms with Crippen LogP contribution in [0.5, 0.6) is 0 Å². The van der Waals surface area contributed by atoms with Gasteiger partial charge < -0.3 is 33.2 Å². The van der Waals surface area contributed by atoms with E-state index in [0.29, 0.717) is 0 Å². The first-order chi connectivity index (χ1) is 26.3. The van der Waals surface area contributed by atoms with E-state index in [2.05, 4.69) is 11.6 Å². The highest BCUT2D eigenvalue weighted by Crippen LogP contribution is 2.54. The van der Waals surface area contributed by atoms with Crippen LogP contribution >= 0.6 is 0 Å². The number of epoxide rings is 1. The van der Waals surface area contributed by atoms with E-state index in [9.17, 15) is 28.8 Å². The van der Waals surface area contributed by atoms with Crippen LogP contribution in [0, 0.1) is 23.2 Å². The lowest BCUT2D eigenvalue weighted by atomic mass is 9.69. The summed E-state index contributed by atoms with van der Waals surface area (Å²) in [6.45, 7) is 15.2. The van der Waals surface area contributed by atoms with Crippen molar-refractivity contribution in [2.45, 2.75) is 110 Å². The quantitative estimate of drug-likeness (QED) is 0.160. The summed E-state index contributed by atoms with van der Waals surface area (Å²) in [6.07, 6.45) is -7.17. The van der Waals surface area contributed by atoms with Crippen molar-refractivity contribution in [3.05, 3.63) is 78.1 Å². The van der Waals surface area contributed by atoms with Gasteiger partial charge in [0, 0.05) is 63.4 Å². The number of hydrogen-bond acceptors (Lipinski definition) is 15. The first-order valence-corrected chi connectivity index (χ1v) is 18.3. The second-order valence-electron chi connectivity index (χ2n) is 15.2. The predicted octanol–water partition coefficient (Wildman–Crippen LogP) is 4.15. The van der Waals surface area contributed by atoms with Gasteiger partial charge in [-0.2, -0.15) is 0 Å². The fourth-order valence-electron chi connectivity index (χ4n) is 8.24. The van der Waals surface area contributed by atoms with Crippen LogP contribution < -0.4 is 0 Å². The maximum absolute atomic E-state index is 15.0. The largest absolute Gasteiger partial charge is 0.462 e. The first-order valence-electron chi connectivity index (χ1n) is 18.3. The number of nitrogens with zero attached hydrogens (tertiary/aromatic N) is 1. The van der Waals surface area contributed by atoms with Crippen molar-refractivity contribution in [3.8, 4) is 0 Å². The minimum Gasteiger partial charge on any atom is -0.462 e. The first kappa shape index (κ1) is 41.7. The Morgan fingerprint density at radius 2 is 1.34 bits per heavy atom. The normalized spacial score (nSPS) is 32.1. The minimum atomic E-state index is -2.10. The lowest BCUT2D eigenvalue weighted by molar-refractivity contribution is -0.188. The number of Topliss-reactive ketones (excluding diaryl/α,β-unsaturated/α-hetero) is 1. The monoisotopic (exact) mass is 777 g/mol. The Kier molecular flexibility index (Phi) is 12.2. The zero-order valence-corrected chi connectivity index (χ0v) is 32.5. The molecule has 5 rings (SSSR count). The van der Waals surface area contributed by atoms with E-state index in [0.717, 1.165) is 27.7 Å². The van der Waals surface area contributed by atoms with Gasteiger partial charge in [-0.05, 0) is 30.2 Å². The van der Waals surface area contributed by atoms with E-state index in [1.54, 1.807) is 45.9 Å². The number of ketones is 1. The van der Waals surface area contributed by atoms with Gasteiger partial charge in [0.2, 0.25) is 0 Å². The number of fused-ring (bicyclic) bond motifs is 2. The van der Waals surface area contributed by atoms with Crippen LogP contribution in [0.1, 0.15) is 82.5 Å². The maximum Gasteiger partial charge on any atom is 0.340 e. The van der Waals surface area contributed by atoms with Crippen molar-refractivity contribution in [3.63, 3.8) is 0 Å². The number of rotatable bonds is 8. The molecule has 1 aromatic carbocycles. The van der Waals surface area contributed by atoms with Crippen LogP contribution in [0.15, 0.2) is 67.0 Å². The lowest BCUT2D eigenvalue weighted by Gasteiger charge is -2.45. The third kappa shape index (κ3) is 8.37. The molecule has 0 spiro atoms. The molecule has 0 N–H and O–H groups in total. The average molecular weight is 778 g/mol. The van der Waals surface area contributed by atoms with Crippen molar-refractivity contribution in [2.75, 3.05) is 0 Å². The zero-order chi connectivity index (χ0) is 41.3. The Labute approximate surface area is 324 Å². The smallest absolute Gasteiger partial charge is 0.340 e. The summed E-state index contributed by atoms with van der Waals surface area (Å²) in [5.74, 6) is -8.98. The molecule has 56 heavy (non-hydrogen) atoms. The molecule has 3 fully saturated rings. The lowest BCUT2D eigenvalue weighted by Crippen LogP contribution is -2.60. The van der Waals surface area contributed by atoms with Gasteiger partial charge in [-0.25, -0.2) is 9.59 Å². The van der Waals surface area contributed by atoms with Crippen LogP contribution in [0.4, 0.5) is 0 Å². The van der Waals surface area contributed by atoms with Crippen LogP contribution in [-0.4, -0.2) is 94.9 Å². The summed E-state index contributed by atoms with van der Waals surface area (Å²) in [7, 11) is 0. The van der Waals surface area contributed by atoms with E-state index < -0.39 is 113 Å². The summed E-state index contributed by atoms with van der Waals surface area (Å²) in [4.78, 5) is 98.8. The molecule has 0 radical (unpaired) electrons. The standard InChI is InChI=1S/C41H47NO14/c1-20-18-41(56-26(7)46)29(30(20)50-23(4)43)31(51-24(5)44)21(2)32(52-25(6)45)34(54-38(48)27-14-11-10-12-15-27)37(55-39(49)28-16-13-17-42-19-28)40(8,9)36-33(53-36)22(3)35(41)47/h10-17,19-20,22,29-34,36-37H,2,18H2,1,3-9H3/t20-,22+,29-,30+,31-,32-,33-,34-,36-,37-,41+/m1/s1. The number of carbonyl (C=O) groups excluding carboxylic acids is 7. The fraction of sp³-hybridized carbons (Fsp3) is 0.512. The Balaban J connectivity index is 1.82. The summed E-state index contributed by atoms with van der Waals surface area (Å²) in [5, 5.41) is 0. The van der Waals surface area contributed by atoms with Gasteiger partial charge in [0.15, 0.2) is 29.7 Å². The molecule has 2 heterocycles. The van der Waals surface area contributed by atoms with Crippen molar-refractivity contribution >= 4 is 41.6 Å². The van der Waals surface area contributed by atoms with Gasteiger partial charge in [0.05, 0.1) is 29.3 Å². The van der Waals surface area contributed by atoms with Crippen molar-refractivity contribution in [2.24, 2.45) is 23.2 Å². The van der Waals surface area contributed by atoms with Gasteiger partial charge >= 0.3 is 35.8 Å². The molecule has 2 aliphatic carbocycles. The molecule has 2 saturated carbocycles. The molecule has 2 aromatic rings. The van der Waals surface area contributed by atoms with E-state index in [-0.39, 0.29) is 23.1 Å². The van der Waals surface area contributed by atoms with Gasteiger partial charge in [-0.1, -0.05) is 52.5 Å². The van der Waals surface area contributed by atoms with E-state index >= 15 is 4.79 Å². The molecule has 1 aliphatic heterocycles. The number of esters is 6. The molecule has 0 amide bonds. The molecule has 15 nitrogen and oxygen atoms in total. The maximum atomic E-state index is 15.0. The van der Waals surface area contributed by atoms with Crippen molar-refractivity contribution < 1.29 is 66.7 Å². The Bertz CT molecular complexity index is 1880. The topological polar surface area (TPSA) is 200 Å². The number of aromatic nitrogens is 1. The Morgan fingerprint density at radius 3 is 1.91 bits per heavy atom. The Morgan fingerprint density at radius 1 is 0.750 bits per heavy atom. The molecule has 0 bridgehead atoms. The second-order valence-corrected chi connectivity index (χ2v) is 15.2. The molecular formula is C41H47NO14. The molecule has 15 heteroatoms. The molecule has 300 valence electrons. The Hall–Kier alpha value is -5.44. The number of hydrogen-bond donors (Lipinski definition) is 0. The SMILES string of the molecule is C=C1[C@@H](OC(C)=O)[C@@H](OC(=O)c2ccccc2)[C@@H](OC(=O)c2cccnc2)C(C)(C)[C@@H]2O[C@@H]2[C@H](C)C(=O)[C@]2(OC(C)=O)C[C@@H](C)[C@H](OC(C)=O)[C@@H]2[C@@H]1OC(C)=O. The van der Waals surface area contributed by atoms with Crippen molar-refractivity contribution in [1.82, 2.24) is 4.98 Å². The van der Waals surface area contributed by atoms with E-state index in [1.807, 2.05) is 0 Å². The van der Waals surface area contributed by atoms with E-state index in [1.165, 1.54) is 36.7 Å². The van der Waals surface area contributed by atoms with Gasteiger partial charge in [0.1, 0.15) is 12.2 Å². The summed E-state index contributed by atoms with van der Waals surface area (Å²) >= 11 is 0. The second kappa shape index (κ2) is 16.3. The van der Waals surface area contributed by atoms with Crippen LogP contribution in [-0.2, 0) is 57.1 Å². The third-order valence-corrected chi connectivity index (χ3v) is 10.6. The molecule has 1 saturated heterocycles. The summed E-state index contributed by atoms with van der Waals surface area (Å²) in [6, 6.07) is 10.9. The highest BCUT2D eigenvalue weighted by atomic mass is 16.6. The van der Waals surface area contributed by atoms with Crippen LogP contribution in [0.3, 0.4) is 0 Å². The van der Waals surface area contributed by atoms with Crippen LogP contribution in [0.25, 0.3) is 0 Å². The third-order valence-electron chi connectivity index (χ3n) is 10.6. The van der Waals surface area contributed by atoms with E-state index in [4.69, 9.17) is 33.2 Å². The molecule has 3 aliphatic rings. The number of pyridine rings is 1. The van der Waals surface area contributed by atoms with Gasteiger partial charge in [-0.15, -0.1) is 0 Å². The highest BCUT2D eigenvalue weighted by molar-refractivity contribution is 5.93. The zero-order valence-electron chi connectivity index (χ0n) is 32.5. The fourth-order valence-corrected chi connectivity index (χ4v) is 8.24. The minimum absolute atomic E-state index is 0.0374. The number of benzene rings is 1. The molecular weight excluding hydrogens is 730 g/mol. The summed E-state index contributed by atoms with van der Waals surface area (Å²) in [5.41, 5.74) is -3.58. The van der Waals surface area contributed by atoms with Crippen LogP contribution in [0.2, 0.25) is 0 Å². The van der Waals surface area contributed by atoms with Gasteiger partial charge in [0.25, 0.3) is 0 Å². The van der Waals surface area contributed by atoms with Gasteiger partial charge in [-0.3, -0.25) is 29.0 Å². The highest BCUT2D eigenvalue weighted by Gasteiger charge is 2.69. The molecule has 11 atom stereocenters. The molecule has 1 aromatic heterocycles. The number of carbonyl (C=O) groups is 7. The average Bonchev–Trinajstić information content (AvgIpc) is 3.91. The predicted molar refractivity (Wildman–Crippen MR) is 193 cm³/mol.